The van der Waals surface area contributed by atoms with Crippen molar-refractivity contribution in [1.82, 2.24) is 14.6 Å². The fourth-order valence-electron chi connectivity index (χ4n) is 4.07. The van der Waals surface area contributed by atoms with Crippen LogP contribution < -0.4 is 15.4 Å². The molecular weight excluding hydrogens is 460 g/mol. The molecule has 2 fully saturated rings. The largest absolute Gasteiger partial charge is 0.495 e. The Bertz CT molecular complexity index is 1210. The van der Waals surface area contributed by atoms with Crippen LogP contribution in [-0.4, -0.2) is 68.4 Å². The van der Waals surface area contributed by atoms with Crippen molar-refractivity contribution in [2.45, 2.75) is 16.9 Å². The summed E-state index contributed by atoms with van der Waals surface area (Å²) in [5.41, 5.74) is -1.72. The number of hydrogen-bond donors (Lipinski definition) is 3. The minimum atomic E-state index is -4.25. The Morgan fingerprint density at radius 1 is 1.42 bits per heavy atom. The van der Waals surface area contributed by atoms with Crippen LogP contribution in [0, 0.1) is 11.2 Å². The molecule has 2 aromatic rings. The van der Waals surface area contributed by atoms with E-state index >= 15 is 4.39 Å². The van der Waals surface area contributed by atoms with Gasteiger partial charge in [0.2, 0.25) is 16.0 Å². The normalized spacial score (nSPS) is 25.8. The Balaban J connectivity index is 1.73. The number of fused-ring (bicyclic) bond motifs is 1. The van der Waals surface area contributed by atoms with Crippen molar-refractivity contribution in [3.8, 4) is 5.75 Å². The quantitative estimate of drug-likeness (QED) is 0.585. The van der Waals surface area contributed by atoms with Crippen molar-refractivity contribution in [2.24, 2.45) is 0 Å². The summed E-state index contributed by atoms with van der Waals surface area (Å²) in [6.45, 7) is -1.51. The van der Waals surface area contributed by atoms with Gasteiger partial charge in [0.25, 0.3) is 5.91 Å². The molecule has 0 aliphatic carbocycles. The van der Waals surface area contributed by atoms with E-state index in [-0.39, 0.29) is 16.9 Å². The zero-order valence-corrected chi connectivity index (χ0v) is 18.4. The number of ether oxygens (including phenoxy) is 2. The number of hydrogen-bond acceptors (Lipinski definition) is 7. The van der Waals surface area contributed by atoms with Crippen LogP contribution in [0.2, 0.25) is 0 Å². The summed E-state index contributed by atoms with van der Waals surface area (Å²) in [6, 6.07) is 6.58. The number of rotatable bonds is 5. The van der Waals surface area contributed by atoms with Crippen molar-refractivity contribution >= 4 is 27.6 Å². The number of alkyl halides is 1. The van der Waals surface area contributed by atoms with Crippen LogP contribution in [0.4, 0.5) is 14.5 Å². The van der Waals surface area contributed by atoms with Gasteiger partial charge in [-0.1, -0.05) is 0 Å². The van der Waals surface area contributed by atoms with Gasteiger partial charge < -0.3 is 20.1 Å². The van der Waals surface area contributed by atoms with Gasteiger partial charge in [-0.25, -0.2) is 26.5 Å². The smallest absolute Gasteiger partial charge is 0.274 e. The summed E-state index contributed by atoms with van der Waals surface area (Å²) in [6.07, 6.45) is -0.000297. The summed E-state index contributed by atoms with van der Waals surface area (Å²) < 4.78 is 65.9. The molecule has 0 spiro atoms. The molecule has 3 atom stereocenters. The van der Waals surface area contributed by atoms with Gasteiger partial charge in [0.15, 0.2) is 0 Å². The first-order valence-corrected chi connectivity index (χ1v) is 11.3. The molecule has 3 heterocycles. The van der Waals surface area contributed by atoms with Gasteiger partial charge in [0.05, 0.1) is 19.9 Å². The first-order chi connectivity index (χ1) is 15.6. The Kier molecular flexibility index (Phi) is 5.70. The molecule has 1 aromatic carbocycles. The van der Waals surface area contributed by atoms with Crippen molar-refractivity contribution in [3.63, 3.8) is 0 Å². The molecule has 13 heteroatoms. The predicted octanol–water partition coefficient (Wildman–Crippen LogP) is 1.21. The van der Waals surface area contributed by atoms with Crippen LogP contribution in [0.15, 0.2) is 36.5 Å². The van der Waals surface area contributed by atoms with E-state index in [1.54, 1.807) is 6.07 Å². The number of aromatic nitrogens is 1. The Hall–Kier alpha value is -3.32. The molecule has 2 aliphatic rings. The van der Waals surface area contributed by atoms with Crippen LogP contribution in [0.3, 0.4) is 0 Å². The van der Waals surface area contributed by atoms with Crippen molar-refractivity contribution < 1.29 is 31.5 Å². The Morgan fingerprint density at radius 2 is 2.18 bits per heavy atom. The van der Waals surface area contributed by atoms with E-state index in [1.165, 1.54) is 31.5 Å². The summed E-state index contributed by atoms with van der Waals surface area (Å²) in [4.78, 5) is 16.6. The lowest BCUT2D eigenvalue weighted by atomic mass is 9.86. The average Bonchev–Trinajstić information content (AvgIpc) is 3.19. The highest BCUT2D eigenvalue weighted by Gasteiger charge is 2.63. The molecule has 1 amide bonds. The zero-order valence-electron chi connectivity index (χ0n) is 17.6. The molecule has 0 unspecified atom stereocenters. The number of sulfonamides is 1. The Morgan fingerprint density at radius 3 is 2.82 bits per heavy atom. The van der Waals surface area contributed by atoms with Crippen molar-refractivity contribution in [2.75, 3.05) is 32.8 Å². The van der Waals surface area contributed by atoms with Gasteiger partial charge in [-0.3, -0.25) is 10.2 Å². The number of carbonyl (C=O) groups excluding carboxylic acids is 1. The molecule has 176 valence electrons. The van der Waals surface area contributed by atoms with E-state index in [4.69, 9.17) is 14.9 Å². The molecule has 0 bridgehead atoms. The van der Waals surface area contributed by atoms with Gasteiger partial charge in [-0.2, -0.15) is 0 Å². The number of halogens is 2. The third-order valence-electron chi connectivity index (χ3n) is 5.77. The van der Waals surface area contributed by atoms with E-state index in [2.05, 4.69) is 15.6 Å². The maximum absolute atomic E-state index is 15.0. The number of nitrogens with zero attached hydrogens (tertiary/aromatic N) is 2. The SMILES string of the molecule is COc1ccc(C(=O)Nc2ccc(F)c([C@]34CO[C@H](CF)[C@H]3S(=O)(=O)N(C)C(=N)N4)c2)nc1. The summed E-state index contributed by atoms with van der Waals surface area (Å²) in [7, 11) is -1.64. The first kappa shape index (κ1) is 22.9. The van der Waals surface area contributed by atoms with Gasteiger partial charge in [-0.05, 0) is 30.3 Å². The minimum Gasteiger partial charge on any atom is -0.495 e. The molecule has 1 aromatic heterocycles. The number of carbonyl (C=O) groups is 1. The van der Waals surface area contributed by atoms with E-state index in [1.807, 2.05) is 0 Å². The van der Waals surface area contributed by atoms with Crippen molar-refractivity contribution in [3.05, 3.63) is 53.6 Å². The highest BCUT2D eigenvalue weighted by atomic mass is 32.2. The number of guanidine groups is 1. The first-order valence-electron chi connectivity index (χ1n) is 9.77. The van der Waals surface area contributed by atoms with E-state index in [9.17, 15) is 17.6 Å². The molecule has 10 nitrogen and oxygen atoms in total. The second kappa shape index (κ2) is 8.23. The lowest BCUT2D eigenvalue weighted by Gasteiger charge is -2.44. The highest BCUT2D eigenvalue weighted by molar-refractivity contribution is 7.90. The summed E-state index contributed by atoms with van der Waals surface area (Å²) in [5, 5.41) is 11.8. The number of benzene rings is 1. The third-order valence-corrected chi connectivity index (χ3v) is 8.06. The van der Waals surface area contributed by atoms with Gasteiger partial charge in [0, 0.05) is 18.3 Å². The molecule has 4 rings (SSSR count). The fourth-order valence-corrected chi connectivity index (χ4v) is 6.00. The van der Waals surface area contributed by atoms with Crippen LogP contribution in [0.1, 0.15) is 16.1 Å². The van der Waals surface area contributed by atoms with E-state index in [0.29, 0.717) is 10.1 Å². The maximum Gasteiger partial charge on any atom is 0.274 e. The molecule has 2 aliphatic heterocycles. The van der Waals surface area contributed by atoms with Gasteiger partial charge in [-0.15, -0.1) is 0 Å². The zero-order chi connectivity index (χ0) is 24.0. The van der Waals surface area contributed by atoms with Crippen LogP contribution in [-0.2, 0) is 20.3 Å². The fraction of sp³-hybridized carbons (Fsp3) is 0.350. The number of methoxy groups -OCH3 is 1. The molecule has 33 heavy (non-hydrogen) atoms. The van der Waals surface area contributed by atoms with Crippen LogP contribution in [0.5, 0.6) is 5.75 Å². The van der Waals surface area contributed by atoms with Crippen LogP contribution >= 0.6 is 0 Å². The minimum absolute atomic E-state index is 0.0705. The number of nitrogens with one attached hydrogen (secondary N) is 3. The van der Waals surface area contributed by atoms with Crippen molar-refractivity contribution in [1.29, 1.82) is 5.41 Å². The van der Waals surface area contributed by atoms with E-state index < -0.39 is 57.9 Å². The molecule has 2 saturated heterocycles. The second-order valence-corrected chi connectivity index (χ2v) is 9.70. The maximum atomic E-state index is 15.0. The molecular formula is C20H21F2N5O5S. The lowest BCUT2D eigenvalue weighted by Crippen LogP contribution is -2.68. The molecule has 3 N–H and O–H groups in total. The predicted molar refractivity (Wildman–Crippen MR) is 114 cm³/mol. The van der Waals surface area contributed by atoms with Crippen LogP contribution in [0.25, 0.3) is 0 Å². The number of amides is 1. The average molecular weight is 481 g/mol. The van der Waals surface area contributed by atoms with Gasteiger partial charge in [0.1, 0.15) is 40.8 Å². The number of pyridine rings is 1. The van der Waals surface area contributed by atoms with Gasteiger partial charge >= 0.3 is 0 Å². The molecule has 0 radical (unpaired) electrons. The molecule has 0 saturated carbocycles. The Labute approximate surface area is 188 Å². The lowest BCUT2D eigenvalue weighted by molar-refractivity contribution is 0.0835. The highest BCUT2D eigenvalue weighted by Crippen LogP contribution is 2.44. The second-order valence-electron chi connectivity index (χ2n) is 7.61. The van der Waals surface area contributed by atoms with E-state index in [0.717, 1.165) is 13.1 Å². The standard InChI is InChI=1S/C20H21F2N5O5S/c1-27-19(23)26-20(10-32-16(8-21)17(20)33(27,29)30)13-7-11(3-5-14(13)22)25-18(28)15-6-4-12(31-2)9-24-15/h3-7,9,16-17H,8,10H2,1-2H3,(H2,23,26)(H,25,28)/t16-,17-,20-/m1/s1. The summed E-state index contributed by atoms with van der Waals surface area (Å²) in [5.74, 6) is -1.44. The third kappa shape index (κ3) is 3.66. The summed E-state index contributed by atoms with van der Waals surface area (Å²) >= 11 is 0. The monoisotopic (exact) mass is 481 g/mol. The number of anilines is 1. The topological polar surface area (TPSA) is 134 Å².